The van der Waals surface area contributed by atoms with Crippen LogP contribution in [0.1, 0.15) is 96.8 Å². The minimum absolute atomic E-state index is 0.0314. The molecule has 6 aliphatic heterocycles. The van der Waals surface area contributed by atoms with Crippen molar-refractivity contribution in [1.82, 2.24) is 26.6 Å². The fourth-order valence-electron chi connectivity index (χ4n) is 12.3. The van der Waals surface area contributed by atoms with Gasteiger partial charge in [0.1, 0.15) is 146 Å². The molecule has 36 nitrogen and oxygen atoms in total. The molecule has 12 unspecified atom stereocenters. The first-order valence-corrected chi connectivity index (χ1v) is 32.6. The van der Waals surface area contributed by atoms with Crippen molar-refractivity contribution in [3.63, 3.8) is 0 Å². The van der Waals surface area contributed by atoms with E-state index in [1.54, 1.807) is 12.1 Å². The third-order valence-corrected chi connectivity index (χ3v) is 17.4. The van der Waals surface area contributed by atoms with Crippen molar-refractivity contribution in [3.05, 3.63) is 29.8 Å². The summed E-state index contributed by atoms with van der Waals surface area (Å²) in [7, 11) is 0. The zero-order chi connectivity index (χ0) is 71.8. The molecule has 36 heteroatoms. The summed E-state index contributed by atoms with van der Waals surface area (Å²) in [6, 6.07) is -2.60. The van der Waals surface area contributed by atoms with Crippen LogP contribution in [0.2, 0.25) is 0 Å². The van der Waals surface area contributed by atoms with E-state index in [1.807, 2.05) is 0 Å². The van der Waals surface area contributed by atoms with Gasteiger partial charge in [0, 0.05) is 46.1 Å². The highest BCUT2D eigenvalue weighted by atomic mass is 16.8. The third-order valence-electron chi connectivity index (χ3n) is 17.4. The molecule has 98 heavy (non-hydrogen) atoms. The molecule has 7 rings (SSSR count). The van der Waals surface area contributed by atoms with Gasteiger partial charge in [0.25, 0.3) is 5.91 Å². The summed E-state index contributed by atoms with van der Waals surface area (Å²) in [6.45, 7) is 3.20. The summed E-state index contributed by atoms with van der Waals surface area (Å²) < 4.78 is 71.9. The lowest BCUT2D eigenvalue weighted by Gasteiger charge is -2.51. The summed E-state index contributed by atoms with van der Waals surface area (Å²) in [5.74, 6) is 2.53. The molecule has 30 atom stereocenters. The Morgan fingerprint density at radius 1 is 0.449 bits per heavy atom. The van der Waals surface area contributed by atoms with E-state index < -0.39 is 246 Å². The van der Waals surface area contributed by atoms with Crippen LogP contribution in [-0.4, -0.2) is 325 Å². The SMILES string of the molecule is CCCCCCC#CCCCOc1cccc(C(=O)NC2[C@H](O[C@H]3C(O)C(NC(C)=O)[C@H](OC4C(CO)O[C@@H](O[C@H]5C(O)C(NC(C)=O)[C@H](OC6C(CO[C@@H]7OC(C)[C@@H](O)C(O)[C@H]7O)O[C@@H](O)[C@@H](NC(C)=O)[C@H]6O)O[C@H]5CO)[C@@H](NC(C)=O)[C@H]4O)O[C@H]3CO)OC(CO)[C@@H](O)[C@@H]2O)c1. The van der Waals surface area contributed by atoms with Gasteiger partial charge in [-0.05, 0) is 38.0 Å². The molecule has 0 saturated carbocycles. The maximum Gasteiger partial charge on any atom is 0.251 e. The van der Waals surface area contributed by atoms with E-state index in [9.17, 15) is 95.5 Å². The third kappa shape index (κ3) is 20.4. The van der Waals surface area contributed by atoms with E-state index >= 15 is 0 Å². The molecular weight excluding hydrogens is 1310 g/mol. The van der Waals surface area contributed by atoms with Crippen LogP contribution in [0.25, 0.3) is 0 Å². The van der Waals surface area contributed by atoms with Crippen LogP contribution >= 0.6 is 0 Å². The number of aliphatic hydroxyl groups is 14. The number of ether oxygens (including phenoxy) is 12. The molecule has 0 spiro atoms. The molecule has 0 bridgehead atoms. The molecule has 5 amide bonds. The molecule has 556 valence electrons. The van der Waals surface area contributed by atoms with Crippen LogP contribution in [-0.2, 0) is 71.3 Å². The molecule has 0 radical (unpaired) electrons. The second-order valence-corrected chi connectivity index (χ2v) is 24.9. The van der Waals surface area contributed by atoms with Crippen LogP contribution < -0.4 is 31.3 Å². The van der Waals surface area contributed by atoms with Crippen LogP contribution in [0.4, 0.5) is 0 Å². The van der Waals surface area contributed by atoms with Gasteiger partial charge in [-0.15, -0.1) is 11.8 Å². The Labute approximate surface area is 564 Å². The zero-order valence-corrected chi connectivity index (χ0v) is 55.0. The van der Waals surface area contributed by atoms with Crippen molar-refractivity contribution < 1.29 is 152 Å². The number of carbonyl (C=O) groups excluding carboxylic acids is 5. The summed E-state index contributed by atoms with van der Waals surface area (Å²) in [4.78, 5) is 65.0. The Morgan fingerprint density at radius 2 is 0.878 bits per heavy atom. The standard InChI is InChI=1S/C62H97N5O31/c1-7-8-9-10-11-12-13-14-15-19-87-32-18-16-17-31(20-32)56(85)67-39-45(78)44(77)33(21-68)91-58(39)95-52-34(22-69)92-59(40(47(52)80)64-28(4)73)96-53-35(23-70)93-60(41(48(53)81)65-29(5)74)97-54-36(24-71)94-61(42(49(54)82)66-30(6)75)98-55-37(90-57(86)38(46(55)79)63-27(3)72)25-88-62-51(84)50(83)43(76)26(2)89-62/h16-18,20,26,33-55,57-62,68-71,76-84,86H,7-11,14-15,19,21-25H2,1-6H3,(H,63,72)(H,64,73)(H,65,74)(H,66,75)(H,67,85)/t26?,33?,34-,35?,36-,37?,38-,39?,40?,41-,42?,43+,44+,45+,46+,47?,48+,49?,50?,51+,52+,53?,54+,55?,57+,58-,59-,60-,61-,62+/m0/s1. The monoisotopic (exact) mass is 1410 g/mol. The van der Waals surface area contributed by atoms with Crippen molar-refractivity contribution in [3.8, 4) is 17.6 Å². The van der Waals surface area contributed by atoms with Crippen molar-refractivity contribution in [2.45, 2.75) is 270 Å². The average molecular weight is 1410 g/mol. The molecule has 6 fully saturated rings. The van der Waals surface area contributed by atoms with E-state index in [0.717, 1.165) is 59.8 Å². The molecule has 0 aromatic heterocycles. The highest BCUT2D eigenvalue weighted by Crippen LogP contribution is 2.37. The van der Waals surface area contributed by atoms with Crippen LogP contribution in [0.15, 0.2) is 24.3 Å². The highest BCUT2D eigenvalue weighted by molar-refractivity contribution is 5.94. The molecule has 0 aliphatic carbocycles. The smallest absolute Gasteiger partial charge is 0.251 e. The van der Waals surface area contributed by atoms with Gasteiger partial charge in [-0.1, -0.05) is 32.3 Å². The maximum atomic E-state index is 13.9. The molecule has 1 aromatic rings. The second-order valence-electron chi connectivity index (χ2n) is 24.9. The lowest BCUT2D eigenvalue weighted by Crippen LogP contribution is -2.72. The minimum Gasteiger partial charge on any atom is -0.494 e. The van der Waals surface area contributed by atoms with Gasteiger partial charge in [-0.25, -0.2) is 0 Å². The second kappa shape index (κ2) is 37.7. The fourth-order valence-corrected chi connectivity index (χ4v) is 12.3. The van der Waals surface area contributed by atoms with Crippen LogP contribution in [0, 0.1) is 11.8 Å². The highest BCUT2D eigenvalue weighted by Gasteiger charge is 2.58. The number of unbranched alkanes of at least 4 members (excludes halogenated alkanes) is 5. The molecular formula is C62H97N5O31. The number of hydrogen-bond acceptors (Lipinski definition) is 31. The van der Waals surface area contributed by atoms with Gasteiger partial charge in [-0.3, -0.25) is 24.0 Å². The summed E-state index contributed by atoms with van der Waals surface area (Å²) in [6.07, 6.45) is -38.5. The summed E-state index contributed by atoms with van der Waals surface area (Å²) in [5.41, 5.74) is 0.0314. The number of aliphatic hydroxyl groups excluding tert-OH is 14. The van der Waals surface area contributed by atoms with E-state index in [0.29, 0.717) is 18.6 Å². The summed E-state index contributed by atoms with van der Waals surface area (Å²) >= 11 is 0. The number of carbonyl (C=O) groups is 5. The largest absolute Gasteiger partial charge is 0.494 e. The van der Waals surface area contributed by atoms with Gasteiger partial charge < -0.3 is 155 Å². The van der Waals surface area contributed by atoms with Gasteiger partial charge in [-0.2, -0.15) is 0 Å². The Kier molecular flexibility index (Phi) is 30.9. The van der Waals surface area contributed by atoms with Crippen molar-refractivity contribution in [1.29, 1.82) is 0 Å². The quantitative estimate of drug-likeness (QED) is 0.0262. The predicted molar refractivity (Wildman–Crippen MR) is 327 cm³/mol. The number of nitrogens with one attached hydrogen (secondary N) is 5. The molecule has 6 saturated heterocycles. The fraction of sp³-hybridized carbons (Fsp3) is 0.790. The maximum absolute atomic E-state index is 13.9. The van der Waals surface area contributed by atoms with Gasteiger partial charge in [0.15, 0.2) is 37.7 Å². The van der Waals surface area contributed by atoms with Crippen molar-refractivity contribution in [2.75, 3.05) is 39.6 Å². The summed E-state index contributed by atoms with van der Waals surface area (Å²) in [5, 5.41) is 168. The van der Waals surface area contributed by atoms with Gasteiger partial charge in [0.2, 0.25) is 23.6 Å². The number of hydrogen-bond donors (Lipinski definition) is 19. The van der Waals surface area contributed by atoms with Crippen LogP contribution in [0.5, 0.6) is 5.75 Å². The van der Waals surface area contributed by atoms with E-state index in [-0.39, 0.29) is 12.2 Å². The Bertz CT molecular complexity index is 2770. The Hall–Kier alpha value is -5.07. The number of amides is 5. The Morgan fingerprint density at radius 3 is 1.34 bits per heavy atom. The lowest BCUT2D eigenvalue weighted by atomic mass is 9.93. The van der Waals surface area contributed by atoms with E-state index in [1.165, 1.54) is 19.1 Å². The first kappa shape index (κ1) is 80.2. The molecule has 6 heterocycles. The first-order valence-electron chi connectivity index (χ1n) is 32.6. The predicted octanol–water partition coefficient (Wildman–Crippen LogP) is -7.93. The topological polar surface area (TPSA) is 539 Å². The average Bonchev–Trinajstić information content (AvgIpc) is 0.772. The lowest BCUT2D eigenvalue weighted by molar-refractivity contribution is -0.368. The normalized spacial score (nSPS) is 39.6. The van der Waals surface area contributed by atoms with Crippen LogP contribution in [0.3, 0.4) is 0 Å². The number of rotatable bonds is 29. The first-order chi connectivity index (χ1) is 46.7. The minimum atomic E-state index is -2.08. The molecule has 6 aliphatic rings. The zero-order valence-electron chi connectivity index (χ0n) is 55.0. The Balaban J connectivity index is 1.07. The van der Waals surface area contributed by atoms with E-state index in [4.69, 9.17) is 56.8 Å². The van der Waals surface area contributed by atoms with Crippen molar-refractivity contribution >= 4 is 29.5 Å². The van der Waals surface area contributed by atoms with Gasteiger partial charge in [0.05, 0.1) is 45.7 Å². The molecule has 19 N–H and O–H groups in total. The van der Waals surface area contributed by atoms with E-state index in [2.05, 4.69) is 45.3 Å². The number of benzene rings is 1. The van der Waals surface area contributed by atoms with Crippen molar-refractivity contribution in [2.24, 2.45) is 0 Å². The van der Waals surface area contributed by atoms with Gasteiger partial charge >= 0.3 is 0 Å². The molecule has 1 aromatic carbocycles.